The number of nitrogens with two attached hydrogens (primary N) is 1. The third kappa shape index (κ3) is 2.60. The molecule has 2 rings (SSSR count). The molecule has 0 radical (unpaired) electrons. The van der Waals surface area contributed by atoms with Crippen LogP contribution >= 0.6 is 12.2 Å². The molecule has 0 aliphatic carbocycles. The van der Waals surface area contributed by atoms with Crippen molar-refractivity contribution in [2.24, 2.45) is 10.8 Å². The van der Waals surface area contributed by atoms with Crippen LogP contribution in [0.15, 0.2) is 23.3 Å². The minimum absolute atomic E-state index is 0.133. The molecule has 84 valence electrons. The molecule has 1 heterocycles. The average Bonchev–Trinajstić information content (AvgIpc) is 2.28. The molecule has 0 amide bonds. The zero-order chi connectivity index (χ0) is 11.4. The molecule has 1 aromatic rings. The molecule has 0 spiro atoms. The Balaban J connectivity index is 2.11. The number of thiocarbonyl (C=S) groups is 1. The van der Waals surface area contributed by atoms with Crippen LogP contribution in [0.25, 0.3) is 0 Å². The summed E-state index contributed by atoms with van der Waals surface area (Å²) in [5, 5.41) is 3.99. The van der Waals surface area contributed by atoms with E-state index in [9.17, 15) is 0 Å². The smallest absolute Gasteiger partial charge is 0.184 e. The molecule has 0 bridgehead atoms. The minimum atomic E-state index is 0.133. The maximum atomic E-state index is 5.43. The molecule has 0 aromatic heterocycles. The summed E-state index contributed by atoms with van der Waals surface area (Å²) in [7, 11) is 0. The molecule has 0 atom stereocenters. The van der Waals surface area contributed by atoms with Crippen molar-refractivity contribution in [1.82, 2.24) is 5.43 Å². The van der Waals surface area contributed by atoms with Crippen molar-refractivity contribution in [3.63, 3.8) is 0 Å². The fourth-order valence-electron chi connectivity index (χ4n) is 1.31. The van der Waals surface area contributed by atoms with Crippen LogP contribution in [0.3, 0.4) is 0 Å². The van der Waals surface area contributed by atoms with Gasteiger partial charge in [0.2, 0.25) is 0 Å². The van der Waals surface area contributed by atoms with Crippen LogP contribution in [0.1, 0.15) is 5.56 Å². The van der Waals surface area contributed by atoms with Crippen molar-refractivity contribution >= 4 is 23.5 Å². The predicted octanol–water partition coefficient (Wildman–Crippen LogP) is 0.625. The number of hydrogen-bond acceptors (Lipinski definition) is 4. The molecule has 0 fully saturated rings. The number of fused-ring (bicyclic) bond motifs is 1. The number of benzene rings is 1. The van der Waals surface area contributed by atoms with Crippen LogP contribution in [0.5, 0.6) is 11.5 Å². The Morgan fingerprint density at radius 2 is 2.12 bits per heavy atom. The van der Waals surface area contributed by atoms with Gasteiger partial charge in [0.05, 0.1) is 6.21 Å². The fraction of sp³-hybridized carbons (Fsp3) is 0.200. The highest BCUT2D eigenvalue weighted by Gasteiger charge is 2.10. The molecular weight excluding hydrogens is 226 g/mol. The summed E-state index contributed by atoms with van der Waals surface area (Å²) >= 11 is 4.62. The van der Waals surface area contributed by atoms with E-state index in [2.05, 4.69) is 22.7 Å². The SMILES string of the molecule is NC(=S)NN=Cc1ccc2c(c1)OCCO2. The summed E-state index contributed by atoms with van der Waals surface area (Å²) in [5.41, 5.74) is 8.59. The quantitative estimate of drug-likeness (QED) is 0.448. The Kier molecular flexibility index (Phi) is 3.21. The van der Waals surface area contributed by atoms with Crippen molar-refractivity contribution in [2.75, 3.05) is 13.2 Å². The predicted molar refractivity (Wildman–Crippen MR) is 64.9 cm³/mol. The zero-order valence-electron chi connectivity index (χ0n) is 8.47. The normalized spacial score (nSPS) is 13.8. The third-order valence-electron chi connectivity index (χ3n) is 1.95. The largest absolute Gasteiger partial charge is 0.486 e. The molecule has 1 aliphatic rings. The number of rotatable bonds is 2. The number of nitrogens with one attached hydrogen (secondary N) is 1. The molecule has 16 heavy (non-hydrogen) atoms. The first-order valence-electron chi connectivity index (χ1n) is 4.74. The van der Waals surface area contributed by atoms with E-state index in [1.165, 1.54) is 0 Å². The molecule has 0 saturated carbocycles. The van der Waals surface area contributed by atoms with E-state index in [4.69, 9.17) is 15.2 Å². The molecule has 0 saturated heterocycles. The number of ether oxygens (including phenoxy) is 2. The molecular formula is C10H11N3O2S. The Hall–Kier alpha value is -1.82. The van der Waals surface area contributed by atoms with Crippen LogP contribution in [0, 0.1) is 0 Å². The Morgan fingerprint density at radius 3 is 2.88 bits per heavy atom. The summed E-state index contributed by atoms with van der Waals surface area (Å²) in [6.07, 6.45) is 1.61. The van der Waals surface area contributed by atoms with Gasteiger partial charge in [0.25, 0.3) is 0 Å². The van der Waals surface area contributed by atoms with Gasteiger partial charge in [0, 0.05) is 0 Å². The van der Waals surface area contributed by atoms with Gasteiger partial charge in [-0.05, 0) is 36.0 Å². The first-order chi connectivity index (χ1) is 7.75. The summed E-state index contributed by atoms with van der Waals surface area (Å²) in [4.78, 5) is 0. The highest BCUT2D eigenvalue weighted by molar-refractivity contribution is 7.80. The van der Waals surface area contributed by atoms with Gasteiger partial charge < -0.3 is 15.2 Å². The maximum Gasteiger partial charge on any atom is 0.184 e. The summed E-state index contributed by atoms with van der Waals surface area (Å²) in [6, 6.07) is 5.56. The van der Waals surface area contributed by atoms with Crippen molar-refractivity contribution in [2.45, 2.75) is 0 Å². The average molecular weight is 237 g/mol. The van der Waals surface area contributed by atoms with E-state index in [0.717, 1.165) is 17.1 Å². The van der Waals surface area contributed by atoms with Gasteiger partial charge in [0.1, 0.15) is 13.2 Å². The third-order valence-corrected chi connectivity index (χ3v) is 2.05. The minimum Gasteiger partial charge on any atom is -0.486 e. The van der Waals surface area contributed by atoms with Crippen LogP contribution in [0.2, 0.25) is 0 Å². The second-order valence-corrected chi connectivity index (χ2v) is 3.58. The van der Waals surface area contributed by atoms with E-state index in [1.54, 1.807) is 6.21 Å². The fourth-order valence-corrected chi connectivity index (χ4v) is 1.36. The number of hydrazone groups is 1. The monoisotopic (exact) mass is 237 g/mol. The molecule has 5 nitrogen and oxygen atoms in total. The van der Waals surface area contributed by atoms with E-state index in [-0.39, 0.29) is 5.11 Å². The van der Waals surface area contributed by atoms with Crippen molar-refractivity contribution < 1.29 is 9.47 Å². The van der Waals surface area contributed by atoms with E-state index in [1.807, 2.05) is 18.2 Å². The van der Waals surface area contributed by atoms with E-state index < -0.39 is 0 Å². The summed E-state index contributed by atoms with van der Waals surface area (Å²) < 4.78 is 10.8. The van der Waals surface area contributed by atoms with Crippen LogP contribution in [-0.2, 0) is 0 Å². The lowest BCUT2D eigenvalue weighted by Crippen LogP contribution is -2.24. The Bertz CT molecular complexity index is 434. The second-order valence-electron chi connectivity index (χ2n) is 3.14. The highest BCUT2D eigenvalue weighted by atomic mass is 32.1. The second kappa shape index (κ2) is 4.80. The summed E-state index contributed by atoms with van der Waals surface area (Å²) in [5.74, 6) is 1.48. The van der Waals surface area contributed by atoms with Crippen molar-refractivity contribution in [1.29, 1.82) is 0 Å². The van der Waals surface area contributed by atoms with Gasteiger partial charge in [-0.2, -0.15) is 5.10 Å². The lowest BCUT2D eigenvalue weighted by Gasteiger charge is -2.18. The topological polar surface area (TPSA) is 68.9 Å². The molecule has 1 aliphatic heterocycles. The van der Waals surface area contributed by atoms with Gasteiger partial charge in [-0.3, -0.25) is 5.43 Å². The van der Waals surface area contributed by atoms with Gasteiger partial charge in [-0.25, -0.2) is 0 Å². The zero-order valence-corrected chi connectivity index (χ0v) is 9.29. The van der Waals surface area contributed by atoms with E-state index in [0.29, 0.717) is 13.2 Å². The van der Waals surface area contributed by atoms with Gasteiger partial charge in [-0.1, -0.05) is 0 Å². The van der Waals surface area contributed by atoms with Crippen molar-refractivity contribution in [3.8, 4) is 11.5 Å². The first kappa shape index (κ1) is 10.7. The molecule has 1 aromatic carbocycles. The van der Waals surface area contributed by atoms with Crippen LogP contribution in [-0.4, -0.2) is 24.5 Å². The molecule has 3 N–H and O–H groups in total. The van der Waals surface area contributed by atoms with Crippen LogP contribution < -0.4 is 20.6 Å². The van der Waals surface area contributed by atoms with Gasteiger partial charge in [0.15, 0.2) is 16.6 Å². The number of hydrogen-bond donors (Lipinski definition) is 2. The first-order valence-corrected chi connectivity index (χ1v) is 5.15. The Labute approximate surface area is 98.2 Å². The lowest BCUT2D eigenvalue weighted by molar-refractivity contribution is 0.171. The van der Waals surface area contributed by atoms with Gasteiger partial charge >= 0.3 is 0 Å². The van der Waals surface area contributed by atoms with Gasteiger partial charge in [-0.15, -0.1) is 0 Å². The molecule has 6 heteroatoms. The van der Waals surface area contributed by atoms with Crippen LogP contribution in [0.4, 0.5) is 0 Å². The summed E-state index contributed by atoms with van der Waals surface area (Å²) in [6.45, 7) is 1.15. The van der Waals surface area contributed by atoms with Crippen molar-refractivity contribution in [3.05, 3.63) is 23.8 Å². The standard InChI is InChI=1S/C10H11N3O2S/c11-10(16)13-12-6-7-1-2-8-9(5-7)15-4-3-14-8/h1-2,5-6H,3-4H2,(H3,11,13,16). The lowest BCUT2D eigenvalue weighted by atomic mass is 10.2. The van der Waals surface area contributed by atoms with E-state index >= 15 is 0 Å². The Morgan fingerprint density at radius 1 is 1.38 bits per heavy atom. The molecule has 0 unspecified atom stereocenters. The highest BCUT2D eigenvalue weighted by Crippen LogP contribution is 2.30. The maximum absolute atomic E-state index is 5.43. The number of nitrogens with zero attached hydrogens (tertiary/aromatic N) is 1.